The first-order valence-electron chi connectivity index (χ1n) is 10.5. The lowest BCUT2D eigenvalue weighted by Gasteiger charge is -2.12. The minimum absolute atomic E-state index is 0.0735. The van der Waals surface area contributed by atoms with Gasteiger partial charge in [0.2, 0.25) is 0 Å². The zero-order valence-electron chi connectivity index (χ0n) is 18.3. The maximum atomic E-state index is 13.1. The van der Waals surface area contributed by atoms with Gasteiger partial charge in [0.05, 0.1) is 17.7 Å². The second-order valence-electron chi connectivity index (χ2n) is 7.17. The summed E-state index contributed by atoms with van der Waals surface area (Å²) in [5.41, 5.74) is 2.48. The minimum Gasteiger partial charge on any atom is -0.497 e. The topological polar surface area (TPSA) is 51.1 Å². The second-order valence-corrected chi connectivity index (χ2v) is 8.59. The van der Waals surface area contributed by atoms with Crippen molar-refractivity contribution >= 4 is 46.2 Å². The molecular formula is C26H23ClN2O3S. The first-order chi connectivity index (χ1) is 16.1. The molecule has 0 radical (unpaired) electrons. The van der Waals surface area contributed by atoms with Gasteiger partial charge >= 0.3 is 0 Å². The number of nitrogens with zero attached hydrogens (tertiary/aromatic N) is 2. The van der Waals surface area contributed by atoms with Crippen molar-refractivity contribution in [2.24, 2.45) is 4.99 Å². The third-order valence-corrected chi connectivity index (χ3v) is 6.42. The van der Waals surface area contributed by atoms with Crippen molar-refractivity contribution in [2.45, 2.75) is 13.5 Å². The molecule has 0 N–H and O–H groups in total. The van der Waals surface area contributed by atoms with Crippen molar-refractivity contribution in [1.29, 1.82) is 0 Å². The molecular weight excluding hydrogens is 456 g/mol. The van der Waals surface area contributed by atoms with E-state index in [2.05, 4.69) is 4.99 Å². The predicted octanol–water partition coefficient (Wildman–Crippen LogP) is 6.55. The monoisotopic (exact) mass is 478 g/mol. The van der Waals surface area contributed by atoms with Gasteiger partial charge in [-0.1, -0.05) is 48.0 Å². The van der Waals surface area contributed by atoms with E-state index in [9.17, 15) is 4.79 Å². The number of hydrogen-bond acceptors (Lipinski definition) is 5. The van der Waals surface area contributed by atoms with Gasteiger partial charge in [-0.25, -0.2) is 4.99 Å². The van der Waals surface area contributed by atoms with Gasteiger partial charge in [0, 0.05) is 22.7 Å². The van der Waals surface area contributed by atoms with E-state index in [4.69, 9.17) is 21.1 Å². The molecule has 1 fully saturated rings. The van der Waals surface area contributed by atoms with E-state index in [1.54, 1.807) is 12.0 Å². The minimum atomic E-state index is -0.0735. The van der Waals surface area contributed by atoms with Crippen molar-refractivity contribution in [3.05, 3.63) is 93.9 Å². The highest BCUT2D eigenvalue weighted by Gasteiger charge is 2.32. The fourth-order valence-corrected chi connectivity index (χ4v) is 4.52. The number of methoxy groups -OCH3 is 1. The molecule has 4 rings (SSSR count). The third-order valence-electron chi connectivity index (χ3n) is 5.05. The molecule has 0 bridgehead atoms. The molecule has 1 aliphatic rings. The van der Waals surface area contributed by atoms with E-state index in [-0.39, 0.29) is 5.91 Å². The van der Waals surface area contributed by atoms with Crippen LogP contribution in [0.1, 0.15) is 18.1 Å². The van der Waals surface area contributed by atoms with Gasteiger partial charge in [-0.3, -0.25) is 9.69 Å². The first kappa shape index (κ1) is 23.0. The number of carbonyl (C=O) groups excluding carboxylic acids is 1. The van der Waals surface area contributed by atoms with E-state index in [0.717, 1.165) is 22.6 Å². The Morgan fingerprint density at radius 2 is 1.76 bits per heavy atom. The van der Waals surface area contributed by atoms with Gasteiger partial charge in [-0.05, 0) is 61.2 Å². The van der Waals surface area contributed by atoms with E-state index in [1.807, 2.05) is 85.8 Å². The number of likely N-dealkylation sites (N-methyl/N-ethyl adjacent to an activating group) is 1. The van der Waals surface area contributed by atoms with Crippen LogP contribution in [0.4, 0.5) is 5.69 Å². The number of ether oxygens (including phenoxy) is 2. The fourth-order valence-electron chi connectivity index (χ4n) is 3.28. The van der Waals surface area contributed by atoms with Crippen LogP contribution >= 0.6 is 23.4 Å². The second kappa shape index (κ2) is 10.6. The summed E-state index contributed by atoms with van der Waals surface area (Å²) in [7, 11) is 1.62. The highest BCUT2D eigenvalue weighted by atomic mass is 35.5. The van der Waals surface area contributed by atoms with E-state index in [0.29, 0.717) is 34.0 Å². The summed E-state index contributed by atoms with van der Waals surface area (Å²) in [6.45, 7) is 2.81. The molecule has 1 amide bonds. The molecule has 168 valence electrons. The molecule has 1 heterocycles. The number of halogens is 1. The van der Waals surface area contributed by atoms with Crippen molar-refractivity contribution in [1.82, 2.24) is 4.90 Å². The summed E-state index contributed by atoms with van der Waals surface area (Å²) in [6, 6.07) is 22.6. The highest BCUT2D eigenvalue weighted by molar-refractivity contribution is 8.18. The number of para-hydroxylation sites is 1. The molecule has 0 spiro atoms. The number of thioether (sulfide) groups is 1. The Morgan fingerprint density at radius 1 is 1.03 bits per heavy atom. The highest BCUT2D eigenvalue weighted by Crippen LogP contribution is 2.35. The maximum Gasteiger partial charge on any atom is 0.266 e. The van der Waals surface area contributed by atoms with Crippen LogP contribution < -0.4 is 9.47 Å². The Labute approximate surface area is 202 Å². The van der Waals surface area contributed by atoms with Crippen LogP contribution in [0.25, 0.3) is 6.08 Å². The third kappa shape index (κ3) is 5.41. The van der Waals surface area contributed by atoms with Gasteiger partial charge in [0.25, 0.3) is 5.91 Å². The lowest BCUT2D eigenvalue weighted by Crippen LogP contribution is -2.28. The number of amides is 1. The maximum absolute atomic E-state index is 13.1. The SMILES string of the molecule is CCN1C(=O)/C(=C/c2ccccc2OCc2ccccc2Cl)SC1=Nc1ccc(OC)cc1. The van der Waals surface area contributed by atoms with Crippen LogP contribution in [0.15, 0.2) is 82.7 Å². The van der Waals surface area contributed by atoms with E-state index in [1.165, 1.54) is 11.8 Å². The first-order valence-corrected chi connectivity index (χ1v) is 11.7. The number of hydrogen-bond donors (Lipinski definition) is 0. The normalized spacial score (nSPS) is 16.0. The Hall–Kier alpha value is -3.22. The fraction of sp³-hybridized carbons (Fsp3) is 0.154. The molecule has 1 saturated heterocycles. The number of carbonyl (C=O) groups is 1. The van der Waals surface area contributed by atoms with Gasteiger partial charge in [0.1, 0.15) is 18.1 Å². The summed E-state index contributed by atoms with van der Waals surface area (Å²) in [6.07, 6.45) is 1.86. The molecule has 3 aromatic rings. The lowest BCUT2D eigenvalue weighted by molar-refractivity contribution is -0.122. The van der Waals surface area contributed by atoms with Crippen molar-refractivity contribution in [3.63, 3.8) is 0 Å². The summed E-state index contributed by atoms with van der Waals surface area (Å²) in [5.74, 6) is 1.37. The number of benzene rings is 3. The largest absolute Gasteiger partial charge is 0.497 e. The predicted molar refractivity (Wildman–Crippen MR) is 135 cm³/mol. The molecule has 3 aromatic carbocycles. The molecule has 0 atom stereocenters. The molecule has 0 saturated carbocycles. The van der Waals surface area contributed by atoms with Gasteiger partial charge in [-0.15, -0.1) is 0 Å². The van der Waals surface area contributed by atoms with E-state index >= 15 is 0 Å². The van der Waals surface area contributed by atoms with Crippen LogP contribution in [0, 0.1) is 0 Å². The standard InChI is InChI=1S/C26H23ClN2O3S/c1-3-29-25(30)24(33-26(29)28-20-12-14-21(31-2)15-13-20)16-18-8-5-7-11-23(18)32-17-19-9-4-6-10-22(19)27/h4-16H,3,17H2,1-2H3/b24-16-,28-26?. The molecule has 0 aliphatic carbocycles. The van der Waals surface area contributed by atoms with Crippen LogP contribution in [0.3, 0.4) is 0 Å². The van der Waals surface area contributed by atoms with Crippen molar-refractivity contribution < 1.29 is 14.3 Å². The van der Waals surface area contributed by atoms with E-state index < -0.39 is 0 Å². The quantitative estimate of drug-likeness (QED) is 0.361. The zero-order chi connectivity index (χ0) is 23.2. The summed E-state index contributed by atoms with van der Waals surface area (Å²) >= 11 is 7.61. The average molecular weight is 479 g/mol. The van der Waals surface area contributed by atoms with Gasteiger partial charge in [-0.2, -0.15) is 0 Å². The Balaban J connectivity index is 1.58. The molecule has 5 nitrogen and oxygen atoms in total. The van der Waals surface area contributed by atoms with Crippen molar-refractivity contribution in [3.8, 4) is 11.5 Å². The molecule has 0 unspecified atom stereocenters. The van der Waals surface area contributed by atoms with Crippen LogP contribution in [0.5, 0.6) is 11.5 Å². The number of rotatable bonds is 7. The lowest BCUT2D eigenvalue weighted by atomic mass is 10.1. The van der Waals surface area contributed by atoms with Gasteiger partial charge in [0.15, 0.2) is 5.17 Å². The summed E-state index contributed by atoms with van der Waals surface area (Å²) < 4.78 is 11.2. The Morgan fingerprint density at radius 3 is 2.48 bits per heavy atom. The molecule has 7 heteroatoms. The van der Waals surface area contributed by atoms with Crippen LogP contribution in [-0.2, 0) is 11.4 Å². The molecule has 0 aromatic heterocycles. The van der Waals surface area contributed by atoms with Gasteiger partial charge < -0.3 is 9.47 Å². The Kier molecular flexibility index (Phi) is 7.37. The zero-order valence-corrected chi connectivity index (χ0v) is 19.9. The van der Waals surface area contributed by atoms with Crippen molar-refractivity contribution in [2.75, 3.05) is 13.7 Å². The number of aliphatic imine (C=N–C) groups is 1. The number of amidine groups is 1. The molecule has 1 aliphatic heterocycles. The molecule has 33 heavy (non-hydrogen) atoms. The average Bonchev–Trinajstić information content (AvgIpc) is 3.13. The van der Waals surface area contributed by atoms with Crippen LogP contribution in [0.2, 0.25) is 5.02 Å². The summed E-state index contributed by atoms with van der Waals surface area (Å²) in [4.78, 5) is 20.0. The summed E-state index contributed by atoms with van der Waals surface area (Å²) in [5, 5.41) is 1.31. The van der Waals surface area contributed by atoms with Crippen LogP contribution in [-0.4, -0.2) is 29.6 Å². The smallest absolute Gasteiger partial charge is 0.266 e. The Bertz CT molecular complexity index is 1210.